The van der Waals surface area contributed by atoms with Crippen LogP contribution < -0.4 is 5.56 Å². The van der Waals surface area contributed by atoms with E-state index in [1.807, 2.05) is 4.57 Å². The maximum absolute atomic E-state index is 13.0. The number of nitrogens with zero attached hydrogens (tertiary/aromatic N) is 4. The van der Waals surface area contributed by atoms with Crippen LogP contribution in [0, 0.1) is 5.92 Å². The lowest BCUT2D eigenvalue weighted by Gasteiger charge is -2.24. The maximum Gasteiger partial charge on any atom is 0.296 e. The lowest BCUT2D eigenvalue weighted by molar-refractivity contribution is 0.101. The van der Waals surface area contributed by atoms with Gasteiger partial charge in [-0.2, -0.15) is 0 Å². The zero-order chi connectivity index (χ0) is 16.3. The van der Waals surface area contributed by atoms with E-state index in [9.17, 15) is 4.79 Å². The highest BCUT2D eigenvalue weighted by Crippen LogP contribution is 2.61. The van der Waals surface area contributed by atoms with E-state index in [2.05, 4.69) is 21.5 Å². The quantitative estimate of drug-likeness (QED) is 0.844. The Hall–Kier alpha value is -1.69. The largest absolute Gasteiger partial charge is 0.375 e. The van der Waals surface area contributed by atoms with Crippen LogP contribution in [0.25, 0.3) is 5.65 Å². The van der Waals surface area contributed by atoms with E-state index in [1.54, 1.807) is 0 Å². The van der Waals surface area contributed by atoms with Gasteiger partial charge in [-0.1, -0.05) is 13.3 Å². The Labute approximate surface area is 140 Å². The third-order valence-electron chi connectivity index (χ3n) is 6.08. The summed E-state index contributed by atoms with van der Waals surface area (Å²) in [7, 11) is 0. The summed E-state index contributed by atoms with van der Waals surface area (Å²) >= 11 is 0. The van der Waals surface area contributed by atoms with Gasteiger partial charge in [0.1, 0.15) is 5.82 Å². The number of unbranched alkanes of at least 4 members (excludes halogenated alkanes) is 1. The second kappa shape index (κ2) is 5.15. The molecule has 128 valence electrons. The predicted octanol–water partition coefficient (Wildman–Crippen LogP) is 2.21. The Balaban J connectivity index is 1.75. The number of aromatic nitrogens is 4. The van der Waals surface area contributed by atoms with Gasteiger partial charge in [-0.3, -0.25) is 9.20 Å². The third-order valence-corrected chi connectivity index (χ3v) is 6.08. The van der Waals surface area contributed by atoms with E-state index in [-0.39, 0.29) is 11.0 Å². The van der Waals surface area contributed by atoms with Crippen LogP contribution in [0.1, 0.15) is 62.7 Å². The summed E-state index contributed by atoms with van der Waals surface area (Å²) < 4.78 is 9.69. The molecule has 3 heterocycles. The minimum Gasteiger partial charge on any atom is -0.375 e. The van der Waals surface area contributed by atoms with Crippen molar-refractivity contribution in [2.45, 2.75) is 70.4 Å². The SMILES string of the molecule is CCCCn1c2c(n3c(C4(C5CC5)CC4)nnc3c1=O)CCOC2. The molecule has 24 heavy (non-hydrogen) atoms. The Morgan fingerprint density at radius 2 is 2.08 bits per heavy atom. The third kappa shape index (κ3) is 1.95. The molecule has 5 rings (SSSR count). The molecule has 6 heteroatoms. The van der Waals surface area contributed by atoms with Gasteiger partial charge in [0, 0.05) is 18.4 Å². The van der Waals surface area contributed by atoms with Crippen molar-refractivity contribution in [3.8, 4) is 0 Å². The Morgan fingerprint density at radius 1 is 1.25 bits per heavy atom. The zero-order valence-electron chi connectivity index (χ0n) is 14.3. The molecule has 1 aliphatic heterocycles. The van der Waals surface area contributed by atoms with E-state index >= 15 is 0 Å². The van der Waals surface area contributed by atoms with E-state index in [0.717, 1.165) is 43.2 Å². The predicted molar refractivity (Wildman–Crippen MR) is 89.2 cm³/mol. The normalized spacial score (nSPS) is 21.9. The average molecular weight is 328 g/mol. The van der Waals surface area contributed by atoms with Crippen molar-refractivity contribution in [1.29, 1.82) is 0 Å². The second-order valence-corrected chi connectivity index (χ2v) is 7.62. The smallest absolute Gasteiger partial charge is 0.296 e. The van der Waals surface area contributed by atoms with Crippen molar-refractivity contribution in [1.82, 2.24) is 19.2 Å². The van der Waals surface area contributed by atoms with Crippen LogP contribution in [0.15, 0.2) is 4.79 Å². The van der Waals surface area contributed by atoms with Crippen LogP contribution in [-0.2, 0) is 29.7 Å². The summed E-state index contributed by atoms with van der Waals surface area (Å²) in [4.78, 5) is 13.0. The fourth-order valence-electron chi connectivity index (χ4n) is 4.42. The molecule has 6 nitrogen and oxygen atoms in total. The molecule has 2 aromatic heterocycles. The average Bonchev–Trinajstić information content (AvgIpc) is 3.51. The fourth-order valence-corrected chi connectivity index (χ4v) is 4.42. The molecule has 2 aliphatic carbocycles. The Morgan fingerprint density at radius 3 is 2.79 bits per heavy atom. The van der Waals surface area contributed by atoms with Gasteiger partial charge in [0.15, 0.2) is 0 Å². The van der Waals surface area contributed by atoms with Crippen LogP contribution in [0.5, 0.6) is 0 Å². The first kappa shape index (κ1) is 14.6. The highest BCUT2D eigenvalue weighted by molar-refractivity contribution is 5.43. The summed E-state index contributed by atoms with van der Waals surface area (Å²) in [6.45, 7) is 4.13. The molecule has 2 saturated carbocycles. The first-order valence-electron chi connectivity index (χ1n) is 9.34. The number of hydrogen-bond acceptors (Lipinski definition) is 4. The monoisotopic (exact) mass is 328 g/mol. The molecule has 2 aromatic rings. The van der Waals surface area contributed by atoms with Crippen molar-refractivity contribution in [3.05, 3.63) is 27.6 Å². The second-order valence-electron chi connectivity index (χ2n) is 7.62. The number of fused-ring (bicyclic) bond motifs is 3. The lowest BCUT2D eigenvalue weighted by atomic mass is 9.99. The minimum absolute atomic E-state index is 0.00181. The fraction of sp³-hybridized carbons (Fsp3) is 0.722. The molecule has 0 atom stereocenters. The van der Waals surface area contributed by atoms with Gasteiger partial charge in [0.2, 0.25) is 5.65 Å². The van der Waals surface area contributed by atoms with Crippen molar-refractivity contribution in [3.63, 3.8) is 0 Å². The van der Waals surface area contributed by atoms with Crippen molar-refractivity contribution < 1.29 is 4.74 Å². The van der Waals surface area contributed by atoms with Gasteiger partial charge < -0.3 is 9.30 Å². The molecule has 0 spiro atoms. The number of hydrogen-bond donors (Lipinski definition) is 0. The molecule has 0 amide bonds. The molecular weight excluding hydrogens is 304 g/mol. The summed E-state index contributed by atoms with van der Waals surface area (Å²) in [6.07, 6.45) is 7.89. The number of ether oxygens (including phenoxy) is 1. The van der Waals surface area contributed by atoms with E-state index < -0.39 is 0 Å². The van der Waals surface area contributed by atoms with E-state index in [0.29, 0.717) is 18.9 Å². The lowest BCUT2D eigenvalue weighted by Crippen LogP contribution is -2.32. The van der Waals surface area contributed by atoms with Crippen molar-refractivity contribution in [2.75, 3.05) is 6.61 Å². The highest BCUT2D eigenvalue weighted by atomic mass is 16.5. The van der Waals surface area contributed by atoms with Gasteiger partial charge in [-0.05, 0) is 38.0 Å². The van der Waals surface area contributed by atoms with Crippen molar-refractivity contribution in [2.24, 2.45) is 5.92 Å². The standard InChI is InChI=1S/C18H24N4O2/c1-2-3-9-21-14-11-24-10-6-13(14)22-15(16(21)23)19-20-17(22)18(7-8-18)12-4-5-12/h12H,2-11H2,1H3. The molecule has 0 aromatic carbocycles. The van der Waals surface area contributed by atoms with Crippen LogP contribution in [0.3, 0.4) is 0 Å². The molecule has 0 unspecified atom stereocenters. The van der Waals surface area contributed by atoms with Gasteiger partial charge in [0.25, 0.3) is 5.56 Å². The molecule has 0 bridgehead atoms. The van der Waals surface area contributed by atoms with Gasteiger partial charge in [-0.15, -0.1) is 10.2 Å². The van der Waals surface area contributed by atoms with Gasteiger partial charge in [-0.25, -0.2) is 0 Å². The molecule has 0 N–H and O–H groups in total. The summed E-state index contributed by atoms with van der Waals surface area (Å²) in [5.41, 5.74) is 2.97. The first-order valence-corrected chi connectivity index (χ1v) is 9.34. The van der Waals surface area contributed by atoms with E-state index in [4.69, 9.17) is 4.74 Å². The Bertz CT molecular complexity index is 858. The molecule has 0 radical (unpaired) electrons. The Kier molecular flexibility index (Phi) is 3.14. The van der Waals surface area contributed by atoms with Crippen LogP contribution in [0.4, 0.5) is 0 Å². The van der Waals surface area contributed by atoms with E-state index in [1.165, 1.54) is 31.4 Å². The summed E-state index contributed by atoms with van der Waals surface area (Å²) in [5.74, 6) is 1.81. The van der Waals surface area contributed by atoms with Crippen LogP contribution in [-0.4, -0.2) is 25.8 Å². The highest BCUT2D eigenvalue weighted by Gasteiger charge is 2.58. The zero-order valence-corrected chi connectivity index (χ0v) is 14.3. The number of rotatable bonds is 5. The first-order chi connectivity index (χ1) is 11.8. The molecule has 3 aliphatic rings. The van der Waals surface area contributed by atoms with Gasteiger partial charge >= 0.3 is 0 Å². The molecule has 0 saturated heterocycles. The topological polar surface area (TPSA) is 61.4 Å². The van der Waals surface area contributed by atoms with Crippen molar-refractivity contribution >= 4 is 5.65 Å². The molecular formula is C18H24N4O2. The minimum atomic E-state index is -0.00181. The van der Waals surface area contributed by atoms with Gasteiger partial charge in [0.05, 0.1) is 24.6 Å². The molecule has 2 fully saturated rings. The summed E-state index contributed by atoms with van der Waals surface area (Å²) in [5, 5.41) is 8.89. The maximum atomic E-state index is 13.0. The van der Waals surface area contributed by atoms with Crippen LogP contribution in [0.2, 0.25) is 0 Å². The summed E-state index contributed by atoms with van der Waals surface area (Å²) in [6, 6.07) is 0. The van der Waals surface area contributed by atoms with Crippen LogP contribution >= 0.6 is 0 Å².